The molecule has 3 N–H and O–H groups in total. The van der Waals surface area contributed by atoms with Gasteiger partial charge in [-0.1, -0.05) is 17.4 Å². The molecule has 0 aromatic carbocycles. The number of aryl methyl sites for hydroxylation is 1. The first-order valence-electron chi connectivity index (χ1n) is 7.96. The molecule has 8 nitrogen and oxygen atoms in total. The van der Waals surface area contributed by atoms with Gasteiger partial charge in [-0.15, -0.1) is 17.9 Å². The summed E-state index contributed by atoms with van der Waals surface area (Å²) in [7, 11) is 0. The third-order valence-corrected chi connectivity index (χ3v) is 6.53. The SMILES string of the molecule is C=CCn1c(-c2sc(NC(=O)CNC(=O)c3ccc(Br)s3)nc2C)n[nH]c1=S. The largest absolute Gasteiger partial charge is 0.342 e. The molecule has 146 valence electrons. The summed E-state index contributed by atoms with van der Waals surface area (Å²) in [5, 5.41) is 12.7. The number of thiazole rings is 1. The maximum absolute atomic E-state index is 12.2. The van der Waals surface area contributed by atoms with Gasteiger partial charge in [-0.05, 0) is 47.2 Å². The molecule has 0 bridgehead atoms. The molecular formula is C16H15BrN6O2S3. The predicted octanol–water partition coefficient (Wildman–Crippen LogP) is 3.75. The quantitative estimate of drug-likeness (QED) is 0.339. The smallest absolute Gasteiger partial charge is 0.261 e. The lowest BCUT2D eigenvalue weighted by Gasteiger charge is -2.03. The van der Waals surface area contributed by atoms with Crippen LogP contribution in [0.5, 0.6) is 0 Å². The summed E-state index contributed by atoms with van der Waals surface area (Å²) in [6.45, 7) is 5.90. The van der Waals surface area contributed by atoms with E-state index in [4.69, 9.17) is 12.2 Å². The number of thiophene rings is 1. The Balaban J connectivity index is 1.66. The van der Waals surface area contributed by atoms with E-state index in [-0.39, 0.29) is 18.4 Å². The van der Waals surface area contributed by atoms with Gasteiger partial charge in [0.15, 0.2) is 15.7 Å². The first kappa shape index (κ1) is 20.6. The van der Waals surface area contributed by atoms with E-state index in [2.05, 4.69) is 48.3 Å². The second-order valence-corrected chi connectivity index (χ2v) is 9.37. The highest BCUT2D eigenvalue weighted by molar-refractivity contribution is 9.11. The van der Waals surface area contributed by atoms with E-state index in [0.717, 1.165) is 8.66 Å². The molecule has 0 saturated carbocycles. The number of allylic oxidation sites excluding steroid dienone is 1. The summed E-state index contributed by atoms with van der Waals surface area (Å²) in [6.07, 6.45) is 1.72. The van der Waals surface area contributed by atoms with Crippen molar-refractivity contribution in [3.8, 4) is 10.7 Å². The van der Waals surface area contributed by atoms with Gasteiger partial charge in [0, 0.05) is 6.54 Å². The molecule has 12 heteroatoms. The fourth-order valence-corrected chi connectivity index (χ4v) is 4.78. The molecule has 28 heavy (non-hydrogen) atoms. The molecule has 0 fully saturated rings. The van der Waals surface area contributed by atoms with Crippen LogP contribution in [0.2, 0.25) is 0 Å². The molecule has 0 atom stereocenters. The molecule has 0 aliphatic rings. The normalized spacial score (nSPS) is 10.6. The molecule has 3 aromatic rings. The van der Waals surface area contributed by atoms with Gasteiger partial charge in [0.05, 0.1) is 25.8 Å². The molecule has 0 aliphatic heterocycles. The highest BCUT2D eigenvalue weighted by Crippen LogP contribution is 2.31. The number of anilines is 1. The van der Waals surface area contributed by atoms with Crippen molar-refractivity contribution >= 4 is 67.8 Å². The Morgan fingerprint density at radius 3 is 2.89 bits per heavy atom. The van der Waals surface area contributed by atoms with Crippen LogP contribution < -0.4 is 10.6 Å². The summed E-state index contributed by atoms with van der Waals surface area (Å²) >= 11 is 11.1. The van der Waals surface area contributed by atoms with Crippen molar-refractivity contribution < 1.29 is 9.59 Å². The van der Waals surface area contributed by atoms with Gasteiger partial charge in [-0.2, -0.15) is 5.10 Å². The highest BCUT2D eigenvalue weighted by atomic mass is 79.9. The minimum Gasteiger partial charge on any atom is -0.342 e. The first-order chi connectivity index (χ1) is 13.4. The molecule has 0 radical (unpaired) electrons. The van der Waals surface area contributed by atoms with Crippen LogP contribution in [0.3, 0.4) is 0 Å². The fraction of sp³-hybridized carbons (Fsp3) is 0.188. The molecule has 0 saturated heterocycles. The topological polar surface area (TPSA) is 105 Å². The number of hydrogen-bond acceptors (Lipinski definition) is 7. The van der Waals surface area contributed by atoms with Gasteiger partial charge in [0.2, 0.25) is 5.91 Å². The average Bonchev–Trinajstić information content (AvgIpc) is 3.33. The van der Waals surface area contributed by atoms with E-state index in [1.54, 1.807) is 22.8 Å². The number of H-pyrrole nitrogens is 1. The van der Waals surface area contributed by atoms with Gasteiger partial charge in [-0.25, -0.2) is 4.98 Å². The molecule has 2 amide bonds. The van der Waals surface area contributed by atoms with E-state index >= 15 is 0 Å². The van der Waals surface area contributed by atoms with Crippen molar-refractivity contribution in [2.75, 3.05) is 11.9 Å². The van der Waals surface area contributed by atoms with Crippen molar-refractivity contribution in [3.63, 3.8) is 0 Å². The predicted molar refractivity (Wildman–Crippen MR) is 116 cm³/mol. The molecule has 3 rings (SSSR count). The molecule has 0 unspecified atom stereocenters. The number of carbonyl (C=O) groups excluding carboxylic acids is 2. The van der Waals surface area contributed by atoms with E-state index in [0.29, 0.717) is 32.8 Å². The maximum atomic E-state index is 12.2. The van der Waals surface area contributed by atoms with Gasteiger partial charge in [0.1, 0.15) is 0 Å². The van der Waals surface area contributed by atoms with Crippen molar-refractivity contribution in [1.82, 2.24) is 25.1 Å². The maximum Gasteiger partial charge on any atom is 0.261 e. The van der Waals surface area contributed by atoms with Crippen LogP contribution >= 0.6 is 50.8 Å². The number of amides is 2. The number of nitrogens with one attached hydrogen (secondary N) is 3. The van der Waals surface area contributed by atoms with Gasteiger partial charge < -0.3 is 10.6 Å². The molecular weight excluding hydrogens is 484 g/mol. The second kappa shape index (κ2) is 8.90. The Hall–Kier alpha value is -2.15. The lowest BCUT2D eigenvalue weighted by molar-refractivity contribution is -0.115. The minimum absolute atomic E-state index is 0.155. The summed E-state index contributed by atoms with van der Waals surface area (Å²) < 4.78 is 3.13. The van der Waals surface area contributed by atoms with E-state index in [1.807, 2.05) is 6.92 Å². The van der Waals surface area contributed by atoms with Crippen molar-refractivity contribution in [1.29, 1.82) is 0 Å². The lowest BCUT2D eigenvalue weighted by atomic mass is 10.3. The zero-order chi connectivity index (χ0) is 20.3. The molecule has 0 aliphatic carbocycles. The number of carbonyl (C=O) groups is 2. The third-order valence-electron chi connectivity index (χ3n) is 3.52. The Bertz CT molecular complexity index is 1100. The van der Waals surface area contributed by atoms with Crippen LogP contribution in [0.15, 0.2) is 28.6 Å². The number of hydrogen-bond donors (Lipinski definition) is 3. The molecule has 3 heterocycles. The van der Waals surface area contributed by atoms with E-state index in [9.17, 15) is 9.59 Å². The van der Waals surface area contributed by atoms with Crippen LogP contribution in [0, 0.1) is 11.7 Å². The first-order valence-corrected chi connectivity index (χ1v) is 10.8. The Morgan fingerprint density at radius 1 is 1.43 bits per heavy atom. The number of rotatable bonds is 7. The third kappa shape index (κ3) is 4.63. The highest BCUT2D eigenvalue weighted by Gasteiger charge is 2.17. The van der Waals surface area contributed by atoms with Crippen molar-refractivity contribution in [3.05, 3.63) is 43.9 Å². The average molecular weight is 499 g/mol. The van der Waals surface area contributed by atoms with Crippen LogP contribution in [0.4, 0.5) is 5.13 Å². The molecule has 3 aromatic heterocycles. The zero-order valence-electron chi connectivity index (χ0n) is 14.6. The fourth-order valence-electron chi connectivity index (χ4n) is 2.29. The van der Waals surface area contributed by atoms with Gasteiger partial charge >= 0.3 is 0 Å². The number of aromatic nitrogens is 4. The summed E-state index contributed by atoms with van der Waals surface area (Å²) in [6, 6.07) is 3.47. The Kier molecular flexibility index (Phi) is 6.54. The monoisotopic (exact) mass is 498 g/mol. The number of aromatic amines is 1. The lowest BCUT2D eigenvalue weighted by Crippen LogP contribution is -2.32. The summed E-state index contributed by atoms with van der Waals surface area (Å²) in [5.41, 5.74) is 0.715. The van der Waals surface area contributed by atoms with Crippen molar-refractivity contribution in [2.24, 2.45) is 0 Å². The van der Waals surface area contributed by atoms with Crippen LogP contribution in [0.1, 0.15) is 15.4 Å². The number of nitrogens with zero attached hydrogens (tertiary/aromatic N) is 3. The number of halogens is 1. The molecule has 0 spiro atoms. The van der Waals surface area contributed by atoms with Gasteiger partial charge in [-0.3, -0.25) is 19.3 Å². The van der Waals surface area contributed by atoms with Crippen LogP contribution in [0.25, 0.3) is 10.7 Å². The Labute approximate surface area is 181 Å². The van der Waals surface area contributed by atoms with E-state index < -0.39 is 0 Å². The standard InChI is InChI=1S/C16H15BrN6O2S3/c1-3-6-23-13(21-22-16(23)26)12-8(2)19-15(28-12)20-11(24)7-18-14(25)9-4-5-10(17)27-9/h3-5H,1,6-7H2,2H3,(H,18,25)(H,22,26)(H,19,20,24). The van der Waals surface area contributed by atoms with Gasteiger partial charge in [0.25, 0.3) is 5.91 Å². The minimum atomic E-state index is -0.366. The second-order valence-electron chi connectivity index (χ2n) is 5.52. The van der Waals surface area contributed by atoms with E-state index in [1.165, 1.54) is 22.7 Å². The van der Waals surface area contributed by atoms with Crippen LogP contribution in [-0.4, -0.2) is 38.1 Å². The summed E-state index contributed by atoms with van der Waals surface area (Å²) in [4.78, 5) is 29.9. The Morgan fingerprint density at radius 2 is 2.21 bits per heavy atom. The van der Waals surface area contributed by atoms with Crippen molar-refractivity contribution in [2.45, 2.75) is 13.5 Å². The summed E-state index contributed by atoms with van der Waals surface area (Å²) in [5.74, 6) is -0.0342. The zero-order valence-corrected chi connectivity index (χ0v) is 18.6. The van der Waals surface area contributed by atoms with Crippen LogP contribution in [-0.2, 0) is 11.3 Å².